The highest BCUT2D eigenvalue weighted by molar-refractivity contribution is 6.45. The van der Waals surface area contributed by atoms with Gasteiger partial charge in [0, 0.05) is 0 Å². The highest BCUT2D eigenvalue weighted by atomic mass is 16.7. The Morgan fingerprint density at radius 3 is 2.67 bits per heavy atom. The first-order valence-electron chi connectivity index (χ1n) is 6.30. The molecular formula is C12H21BO2. The molecule has 2 nitrogen and oxygen atoms in total. The maximum atomic E-state index is 6.08. The Labute approximate surface area is 92.9 Å². The van der Waals surface area contributed by atoms with E-state index in [1.807, 2.05) is 0 Å². The zero-order chi connectivity index (χ0) is 10.8. The summed E-state index contributed by atoms with van der Waals surface area (Å²) in [6.45, 7) is 9.19. The van der Waals surface area contributed by atoms with Gasteiger partial charge in [-0.1, -0.05) is 20.8 Å². The van der Waals surface area contributed by atoms with E-state index in [4.69, 9.17) is 9.31 Å². The summed E-state index contributed by atoms with van der Waals surface area (Å²) in [5.41, 5.74) is 0.500. The molecule has 0 aromatic carbocycles. The maximum Gasteiger partial charge on any atom is 0.457 e. The Bertz CT molecular complexity index is 291. The monoisotopic (exact) mass is 208 g/mol. The summed E-state index contributed by atoms with van der Waals surface area (Å²) in [6.07, 6.45) is 3.87. The fourth-order valence-corrected chi connectivity index (χ4v) is 3.97. The summed E-state index contributed by atoms with van der Waals surface area (Å²) in [5.74, 6) is 1.57. The summed E-state index contributed by atoms with van der Waals surface area (Å²) in [4.78, 5) is 0. The molecular weight excluding hydrogens is 187 g/mol. The lowest BCUT2D eigenvalue weighted by Gasteiger charge is -2.63. The third-order valence-electron chi connectivity index (χ3n) is 5.20. The molecule has 0 radical (unpaired) electrons. The molecule has 4 aliphatic rings. The summed E-state index contributed by atoms with van der Waals surface area (Å²) in [6, 6.07) is 0. The van der Waals surface area contributed by atoms with Crippen molar-refractivity contribution in [1.82, 2.24) is 0 Å². The van der Waals surface area contributed by atoms with Crippen LogP contribution in [0.2, 0.25) is 6.32 Å². The first kappa shape index (κ1) is 10.2. The molecule has 3 saturated carbocycles. The Balaban J connectivity index is 1.87. The molecule has 0 aromatic rings. The van der Waals surface area contributed by atoms with Gasteiger partial charge < -0.3 is 9.31 Å². The molecule has 0 amide bonds. The van der Waals surface area contributed by atoms with Crippen molar-refractivity contribution in [3.8, 4) is 0 Å². The van der Waals surface area contributed by atoms with Crippen LogP contribution in [0.1, 0.15) is 40.5 Å². The van der Waals surface area contributed by atoms with Crippen LogP contribution < -0.4 is 0 Å². The van der Waals surface area contributed by atoms with Crippen LogP contribution >= 0.6 is 0 Å². The third-order valence-corrected chi connectivity index (χ3v) is 5.20. The van der Waals surface area contributed by atoms with E-state index in [-0.39, 0.29) is 12.7 Å². The summed E-state index contributed by atoms with van der Waals surface area (Å²) < 4.78 is 12.2. The van der Waals surface area contributed by atoms with Crippen LogP contribution in [-0.4, -0.2) is 18.8 Å². The average molecular weight is 208 g/mol. The molecule has 1 unspecified atom stereocenters. The summed E-state index contributed by atoms with van der Waals surface area (Å²) in [7, 11) is 0.0511. The van der Waals surface area contributed by atoms with Crippen LogP contribution in [-0.2, 0) is 9.31 Å². The lowest BCUT2D eigenvalue weighted by molar-refractivity contribution is -0.185. The van der Waals surface area contributed by atoms with Crippen LogP contribution in [0.15, 0.2) is 0 Å². The Kier molecular flexibility index (Phi) is 1.90. The van der Waals surface area contributed by atoms with Gasteiger partial charge in [0.15, 0.2) is 0 Å². The maximum absolute atomic E-state index is 6.08. The van der Waals surface area contributed by atoms with Crippen molar-refractivity contribution in [3.63, 3.8) is 0 Å². The van der Waals surface area contributed by atoms with Crippen molar-refractivity contribution in [2.45, 2.75) is 58.6 Å². The minimum Gasteiger partial charge on any atom is -0.405 e. The van der Waals surface area contributed by atoms with Crippen LogP contribution in [0.25, 0.3) is 0 Å². The predicted molar refractivity (Wildman–Crippen MR) is 60.6 cm³/mol. The second-order valence-electron chi connectivity index (χ2n) is 6.39. The molecule has 1 heterocycles. The summed E-state index contributed by atoms with van der Waals surface area (Å²) >= 11 is 0. The van der Waals surface area contributed by atoms with Crippen molar-refractivity contribution in [1.29, 1.82) is 0 Å². The van der Waals surface area contributed by atoms with E-state index in [0.29, 0.717) is 11.5 Å². The molecule has 4 rings (SSSR count). The molecule has 3 heteroatoms. The van der Waals surface area contributed by atoms with Gasteiger partial charge in [0.1, 0.15) is 0 Å². The van der Waals surface area contributed by atoms with Crippen LogP contribution in [0.3, 0.4) is 0 Å². The van der Waals surface area contributed by atoms with Gasteiger partial charge in [0.25, 0.3) is 0 Å². The largest absolute Gasteiger partial charge is 0.457 e. The van der Waals surface area contributed by atoms with E-state index in [1.165, 1.54) is 12.8 Å². The Hall–Kier alpha value is -0.0151. The fraction of sp³-hybridized carbons (Fsp3) is 1.00. The van der Waals surface area contributed by atoms with E-state index in [2.05, 4.69) is 27.7 Å². The number of rotatable bonds is 1. The van der Waals surface area contributed by atoms with Gasteiger partial charge >= 0.3 is 7.12 Å². The van der Waals surface area contributed by atoms with Gasteiger partial charge in [-0.05, 0) is 43.3 Å². The van der Waals surface area contributed by atoms with E-state index < -0.39 is 0 Å². The number of hydrogen-bond acceptors (Lipinski definition) is 2. The highest BCUT2D eigenvalue weighted by Crippen LogP contribution is 2.64. The Morgan fingerprint density at radius 2 is 2.07 bits per heavy atom. The number of hydrogen-bond donors (Lipinski definition) is 0. The topological polar surface area (TPSA) is 18.5 Å². The first-order chi connectivity index (χ1) is 6.97. The van der Waals surface area contributed by atoms with Crippen LogP contribution in [0, 0.1) is 17.3 Å². The van der Waals surface area contributed by atoms with Gasteiger partial charge in [0.2, 0.25) is 0 Å². The molecule has 3 aliphatic carbocycles. The standard InChI is InChI=1S/C12H21BO2/c1-5-13-14-10-9-6-8(11(9,2)3)7-12(10,4)15-13/h8-10H,5-7H2,1-4H3/t8-,9?,10-,12+/m0/s1. The molecule has 0 N–H and O–H groups in total. The van der Waals surface area contributed by atoms with Gasteiger partial charge in [-0.2, -0.15) is 0 Å². The zero-order valence-electron chi connectivity index (χ0n) is 10.2. The summed E-state index contributed by atoms with van der Waals surface area (Å²) in [5, 5.41) is 0. The van der Waals surface area contributed by atoms with Crippen molar-refractivity contribution < 1.29 is 9.31 Å². The second kappa shape index (κ2) is 2.81. The SMILES string of the molecule is CCB1O[C@H]2C3C[C@@H](C[C@@]2(C)O1)C3(C)C. The molecule has 4 atom stereocenters. The molecule has 1 aliphatic heterocycles. The lowest BCUT2D eigenvalue weighted by Crippen LogP contribution is -2.63. The lowest BCUT2D eigenvalue weighted by atomic mass is 9.45. The van der Waals surface area contributed by atoms with Gasteiger partial charge in [-0.25, -0.2) is 0 Å². The molecule has 0 aromatic heterocycles. The first-order valence-corrected chi connectivity index (χ1v) is 6.30. The molecule has 0 spiro atoms. The quantitative estimate of drug-likeness (QED) is 0.617. The molecule has 4 fully saturated rings. The fourth-order valence-electron chi connectivity index (χ4n) is 3.97. The van der Waals surface area contributed by atoms with Crippen molar-refractivity contribution >= 4 is 7.12 Å². The Morgan fingerprint density at radius 1 is 1.33 bits per heavy atom. The van der Waals surface area contributed by atoms with E-state index in [1.54, 1.807) is 0 Å². The van der Waals surface area contributed by atoms with Crippen molar-refractivity contribution in [2.75, 3.05) is 0 Å². The van der Waals surface area contributed by atoms with Crippen LogP contribution in [0.5, 0.6) is 0 Å². The van der Waals surface area contributed by atoms with Gasteiger partial charge in [-0.3, -0.25) is 0 Å². The zero-order valence-corrected chi connectivity index (χ0v) is 10.2. The van der Waals surface area contributed by atoms with E-state index >= 15 is 0 Å². The normalized spacial score (nSPS) is 51.2. The van der Waals surface area contributed by atoms with E-state index in [0.717, 1.165) is 18.2 Å². The average Bonchev–Trinajstić information content (AvgIpc) is 2.53. The van der Waals surface area contributed by atoms with Crippen LogP contribution in [0.4, 0.5) is 0 Å². The third kappa shape index (κ3) is 1.14. The minimum absolute atomic E-state index is 0.0176. The predicted octanol–water partition coefficient (Wildman–Crippen LogP) is 2.73. The van der Waals surface area contributed by atoms with Gasteiger partial charge in [0.05, 0.1) is 11.7 Å². The van der Waals surface area contributed by atoms with E-state index in [9.17, 15) is 0 Å². The molecule has 2 bridgehead atoms. The smallest absolute Gasteiger partial charge is 0.405 e. The minimum atomic E-state index is 0.0176. The van der Waals surface area contributed by atoms with Crippen molar-refractivity contribution in [2.24, 2.45) is 17.3 Å². The van der Waals surface area contributed by atoms with Crippen molar-refractivity contribution in [3.05, 3.63) is 0 Å². The highest BCUT2D eigenvalue weighted by Gasteiger charge is 2.66. The molecule has 15 heavy (non-hydrogen) atoms. The second-order valence-corrected chi connectivity index (χ2v) is 6.39. The van der Waals surface area contributed by atoms with Gasteiger partial charge in [-0.15, -0.1) is 0 Å². The molecule has 84 valence electrons. The molecule has 1 saturated heterocycles.